The van der Waals surface area contributed by atoms with Gasteiger partial charge in [0.15, 0.2) is 0 Å². The zero-order valence-electron chi connectivity index (χ0n) is 11.6. The number of methoxy groups -OCH3 is 1. The summed E-state index contributed by atoms with van der Waals surface area (Å²) < 4.78 is 5.13. The van der Waals surface area contributed by atoms with Crippen molar-refractivity contribution in [2.24, 2.45) is 0 Å². The highest BCUT2D eigenvalue weighted by atomic mass is 16.5. The number of amides is 1. The Hall–Kier alpha value is -2.49. The Bertz CT molecular complexity index is 597. The number of hydrogen-bond acceptors (Lipinski definition) is 3. The molecule has 4 heteroatoms. The van der Waals surface area contributed by atoms with E-state index in [4.69, 9.17) is 4.74 Å². The van der Waals surface area contributed by atoms with Crippen LogP contribution >= 0.6 is 0 Å². The molecule has 0 heterocycles. The molecule has 2 rings (SSSR count). The minimum absolute atomic E-state index is 0.0958. The number of anilines is 1. The van der Waals surface area contributed by atoms with Crippen LogP contribution in [0.5, 0.6) is 5.75 Å². The molecule has 0 radical (unpaired) electrons. The van der Waals surface area contributed by atoms with Crippen LogP contribution in [0.1, 0.15) is 11.1 Å². The Kier molecular flexibility index (Phi) is 4.60. The maximum absolute atomic E-state index is 11.9. The number of aryl methyl sites for hydroxylation is 1. The second kappa shape index (κ2) is 6.61. The molecule has 0 aliphatic heterocycles. The van der Waals surface area contributed by atoms with Crippen LogP contribution in [-0.4, -0.2) is 13.0 Å². The van der Waals surface area contributed by atoms with Crippen molar-refractivity contribution in [1.82, 2.24) is 5.43 Å². The average Bonchev–Trinajstić information content (AvgIpc) is 2.46. The van der Waals surface area contributed by atoms with Gasteiger partial charge in [-0.1, -0.05) is 30.3 Å². The molecule has 0 saturated heterocycles. The number of para-hydroxylation sites is 1. The zero-order chi connectivity index (χ0) is 14.4. The van der Waals surface area contributed by atoms with Gasteiger partial charge in [-0.2, -0.15) is 0 Å². The number of benzene rings is 2. The molecule has 4 nitrogen and oxygen atoms in total. The topological polar surface area (TPSA) is 50.4 Å². The fourth-order valence-electron chi connectivity index (χ4n) is 1.86. The Balaban J connectivity index is 1.91. The lowest BCUT2D eigenvalue weighted by Gasteiger charge is -2.11. The van der Waals surface area contributed by atoms with Gasteiger partial charge in [0.2, 0.25) is 5.91 Å². The molecule has 0 aliphatic carbocycles. The third kappa shape index (κ3) is 3.75. The molecule has 0 aliphatic rings. The maximum atomic E-state index is 11.9. The molecule has 1 amide bonds. The lowest BCUT2D eigenvalue weighted by atomic mass is 10.1. The monoisotopic (exact) mass is 270 g/mol. The van der Waals surface area contributed by atoms with E-state index in [1.54, 1.807) is 7.11 Å². The van der Waals surface area contributed by atoms with E-state index < -0.39 is 0 Å². The summed E-state index contributed by atoms with van der Waals surface area (Å²) in [6.07, 6.45) is 0.302. The van der Waals surface area contributed by atoms with E-state index in [0.29, 0.717) is 6.42 Å². The Morgan fingerprint density at radius 3 is 2.70 bits per heavy atom. The summed E-state index contributed by atoms with van der Waals surface area (Å²) in [5.74, 6) is 0.656. The fourth-order valence-corrected chi connectivity index (χ4v) is 1.86. The number of hydrogen-bond donors (Lipinski definition) is 2. The van der Waals surface area contributed by atoms with Crippen molar-refractivity contribution in [2.75, 3.05) is 12.5 Å². The van der Waals surface area contributed by atoms with Crippen molar-refractivity contribution < 1.29 is 9.53 Å². The lowest BCUT2D eigenvalue weighted by Crippen LogP contribution is -2.31. The molecule has 0 unspecified atom stereocenters. The van der Waals surface area contributed by atoms with E-state index in [2.05, 4.69) is 10.9 Å². The number of rotatable bonds is 5. The second-order valence-electron chi connectivity index (χ2n) is 4.52. The molecule has 0 atom stereocenters. The third-order valence-corrected chi connectivity index (χ3v) is 2.98. The van der Waals surface area contributed by atoms with Crippen LogP contribution in [-0.2, 0) is 11.2 Å². The predicted octanol–water partition coefficient (Wildman–Crippen LogP) is 2.69. The van der Waals surface area contributed by atoms with Gasteiger partial charge in [-0.3, -0.25) is 15.6 Å². The van der Waals surface area contributed by atoms with Crippen molar-refractivity contribution in [2.45, 2.75) is 13.3 Å². The van der Waals surface area contributed by atoms with Gasteiger partial charge in [-0.25, -0.2) is 0 Å². The second-order valence-corrected chi connectivity index (χ2v) is 4.52. The summed E-state index contributed by atoms with van der Waals surface area (Å²) >= 11 is 0. The van der Waals surface area contributed by atoms with Gasteiger partial charge in [-0.05, 0) is 36.2 Å². The number of carbonyl (C=O) groups excluding carboxylic acids is 1. The largest absolute Gasteiger partial charge is 0.497 e. The highest BCUT2D eigenvalue weighted by Gasteiger charge is 2.04. The summed E-state index contributed by atoms with van der Waals surface area (Å²) in [6.45, 7) is 1.98. The Labute approximate surface area is 118 Å². The number of nitrogens with one attached hydrogen (secondary N) is 2. The predicted molar refractivity (Wildman–Crippen MR) is 79.6 cm³/mol. The molecular weight excluding hydrogens is 252 g/mol. The first-order chi connectivity index (χ1) is 9.69. The molecule has 0 spiro atoms. The molecule has 20 heavy (non-hydrogen) atoms. The van der Waals surface area contributed by atoms with Crippen LogP contribution in [0.4, 0.5) is 5.69 Å². The maximum Gasteiger partial charge on any atom is 0.242 e. The molecule has 2 N–H and O–H groups in total. The fraction of sp³-hybridized carbons (Fsp3) is 0.188. The van der Waals surface area contributed by atoms with Gasteiger partial charge in [0, 0.05) is 0 Å². The molecule has 2 aromatic rings. The van der Waals surface area contributed by atoms with Crippen molar-refractivity contribution in [3.63, 3.8) is 0 Å². The Morgan fingerprint density at radius 2 is 1.95 bits per heavy atom. The van der Waals surface area contributed by atoms with Crippen LogP contribution in [0, 0.1) is 6.92 Å². The molecule has 0 fully saturated rings. The lowest BCUT2D eigenvalue weighted by molar-refractivity contribution is -0.119. The molecule has 104 valence electrons. The van der Waals surface area contributed by atoms with Gasteiger partial charge >= 0.3 is 0 Å². The minimum Gasteiger partial charge on any atom is -0.497 e. The number of ether oxygens (including phenoxy) is 1. The SMILES string of the molecule is COc1cccc(CC(=O)NNc2ccccc2C)c1. The van der Waals surface area contributed by atoms with Gasteiger partial charge in [-0.15, -0.1) is 0 Å². The first-order valence-corrected chi connectivity index (χ1v) is 6.42. The van der Waals surface area contributed by atoms with E-state index in [9.17, 15) is 4.79 Å². The molecular formula is C16H18N2O2. The van der Waals surface area contributed by atoms with Gasteiger partial charge in [0.05, 0.1) is 19.2 Å². The van der Waals surface area contributed by atoms with Crippen molar-refractivity contribution in [3.8, 4) is 5.75 Å². The first kappa shape index (κ1) is 13.9. The Morgan fingerprint density at radius 1 is 1.15 bits per heavy atom. The highest BCUT2D eigenvalue weighted by Crippen LogP contribution is 2.13. The van der Waals surface area contributed by atoms with Crippen molar-refractivity contribution in [3.05, 3.63) is 59.7 Å². The van der Waals surface area contributed by atoms with Crippen LogP contribution in [0.25, 0.3) is 0 Å². The van der Waals surface area contributed by atoms with E-state index in [-0.39, 0.29) is 5.91 Å². The van der Waals surface area contributed by atoms with Gasteiger partial charge < -0.3 is 4.74 Å². The van der Waals surface area contributed by atoms with Crippen LogP contribution < -0.4 is 15.6 Å². The number of hydrazine groups is 1. The normalized spacial score (nSPS) is 9.90. The quantitative estimate of drug-likeness (QED) is 0.821. The van der Waals surface area contributed by atoms with E-state index in [0.717, 1.165) is 22.6 Å². The van der Waals surface area contributed by atoms with Crippen LogP contribution in [0.2, 0.25) is 0 Å². The third-order valence-electron chi connectivity index (χ3n) is 2.98. The summed E-state index contributed by atoms with van der Waals surface area (Å²) in [4.78, 5) is 11.9. The summed E-state index contributed by atoms with van der Waals surface area (Å²) in [5, 5.41) is 0. The minimum atomic E-state index is -0.0958. The molecule has 0 bridgehead atoms. The highest BCUT2D eigenvalue weighted by molar-refractivity contribution is 5.80. The molecule has 0 aromatic heterocycles. The summed E-state index contributed by atoms with van der Waals surface area (Å²) in [6, 6.07) is 15.3. The van der Waals surface area contributed by atoms with Gasteiger partial charge in [0.25, 0.3) is 0 Å². The van der Waals surface area contributed by atoms with E-state index >= 15 is 0 Å². The molecule has 2 aromatic carbocycles. The first-order valence-electron chi connectivity index (χ1n) is 6.42. The zero-order valence-corrected chi connectivity index (χ0v) is 11.6. The summed E-state index contributed by atoms with van der Waals surface area (Å²) in [5.41, 5.74) is 8.51. The van der Waals surface area contributed by atoms with Crippen molar-refractivity contribution >= 4 is 11.6 Å². The van der Waals surface area contributed by atoms with Crippen LogP contribution in [0.15, 0.2) is 48.5 Å². The molecule has 0 saturated carbocycles. The van der Waals surface area contributed by atoms with E-state index in [1.807, 2.05) is 55.5 Å². The standard InChI is InChI=1S/C16H18N2O2/c1-12-6-3-4-9-15(12)17-18-16(19)11-13-7-5-8-14(10-13)20-2/h3-10,17H,11H2,1-2H3,(H,18,19). The smallest absolute Gasteiger partial charge is 0.242 e. The average molecular weight is 270 g/mol. The number of carbonyl (C=O) groups is 1. The van der Waals surface area contributed by atoms with Crippen molar-refractivity contribution in [1.29, 1.82) is 0 Å². The van der Waals surface area contributed by atoms with Crippen LogP contribution in [0.3, 0.4) is 0 Å². The summed E-state index contributed by atoms with van der Waals surface area (Å²) in [7, 11) is 1.61. The van der Waals surface area contributed by atoms with E-state index in [1.165, 1.54) is 0 Å². The van der Waals surface area contributed by atoms with Gasteiger partial charge in [0.1, 0.15) is 5.75 Å².